The maximum absolute atomic E-state index is 12.8. The number of nitrogens with one attached hydrogen (secondary N) is 1. The fourth-order valence-electron chi connectivity index (χ4n) is 5.32. The van der Waals surface area contributed by atoms with Gasteiger partial charge < -0.3 is 10.2 Å². The van der Waals surface area contributed by atoms with E-state index in [4.69, 9.17) is 0 Å². The van der Waals surface area contributed by atoms with Gasteiger partial charge in [0, 0.05) is 32.7 Å². The summed E-state index contributed by atoms with van der Waals surface area (Å²) in [6.07, 6.45) is 8.15. The molecule has 2 bridgehead atoms. The SMILES string of the molecule is O=C(C1CCCN1CC1CC2CCC1C2)N1CCNCC1. The minimum absolute atomic E-state index is 0.197. The van der Waals surface area contributed by atoms with Crippen LogP contribution in [0.5, 0.6) is 0 Å². The summed E-state index contributed by atoms with van der Waals surface area (Å²) in [5.74, 6) is 3.30. The third-order valence-electron chi connectivity index (χ3n) is 6.43. The van der Waals surface area contributed by atoms with E-state index in [0.717, 1.165) is 56.9 Å². The van der Waals surface area contributed by atoms with Crippen molar-refractivity contribution in [2.75, 3.05) is 39.3 Å². The van der Waals surface area contributed by atoms with Crippen LogP contribution < -0.4 is 5.32 Å². The molecule has 4 rings (SSSR count). The summed E-state index contributed by atoms with van der Waals surface area (Å²) in [5.41, 5.74) is 0. The van der Waals surface area contributed by atoms with Crippen LogP contribution in [-0.4, -0.2) is 61.0 Å². The van der Waals surface area contributed by atoms with Gasteiger partial charge in [-0.1, -0.05) is 6.42 Å². The monoisotopic (exact) mass is 291 g/mol. The average Bonchev–Trinajstić information content (AvgIpc) is 3.24. The Kier molecular flexibility index (Phi) is 3.92. The number of amides is 1. The lowest BCUT2D eigenvalue weighted by molar-refractivity contribution is -0.136. The van der Waals surface area contributed by atoms with Crippen molar-refractivity contribution in [2.24, 2.45) is 17.8 Å². The number of carbonyl (C=O) groups is 1. The minimum Gasteiger partial charge on any atom is -0.339 e. The number of carbonyl (C=O) groups excluding carboxylic acids is 1. The number of piperazine rings is 1. The molecule has 2 heterocycles. The highest BCUT2D eigenvalue weighted by Gasteiger charge is 2.42. The quantitative estimate of drug-likeness (QED) is 0.852. The van der Waals surface area contributed by atoms with Gasteiger partial charge >= 0.3 is 0 Å². The Balaban J connectivity index is 1.37. The Morgan fingerprint density at radius 2 is 1.90 bits per heavy atom. The first-order valence-corrected chi connectivity index (χ1v) is 9.05. The van der Waals surface area contributed by atoms with Crippen LogP contribution in [0.1, 0.15) is 38.5 Å². The number of rotatable bonds is 3. The second-order valence-corrected chi connectivity index (χ2v) is 7.66. The van der Waals surface area contributed by atoms with Gasteiger partial charge in [-0.2, -0.15) is 0 Å². The van der Waals surface area contributed by atoms with Crippen molar-refractivity contribution in [3.63, 3.8) is 0 Å². The van der Waals surface area contributed by atoms with Crippen LogP contribution in [0.15, 0.2) is 0 Å². The molecule has 0 aromatic rings. The summed E-state index contributed by atoms with van der Waals surface area (Å²) >= 11 is 0. The predicted molar refractivity (Wildman–Crippen MR) is 83.0 cm³/mol. The fraction of sp³-hybridized carbons (Fsp3) is 0.941. The zero-order valence-corrected chi connectivity index (χ0v) is 13.1. The van der Waals surface area contributed by atoms with Gasteiger partial charge in [0.05, 0.1) is 6.04 Å². The molecule has 0 radical (unpaired) electrons. The molecule has 4 aliphatic rings. The molecule has 2 saturated heterocycles. The number of hydrogen-bond acceptors (Lipinski definition) is 3. The highest BCUT2D eigenvalue weighted by atomic mass is 16.2. The lowest BCUT2D eigenvalue weighted by Gasteiger charge is -2.35. The van der Waals surface area contributed by atoms with E-state index in [1.54, 1.807) is 0 Å². The average molecular weight is 291 g/mol. The predicted octanol–water partition coefficient (Wildman–Crippen LogP) is 1.32. The Morgan fingerprint density at radius 3 is 2.62 bits per heavy atom. The van der Waals surface area contributed by atoms with Gasteiger partial charge in [-0.15, -0.1) is 0 Å². The smallest absolute Gasteiger partial charge is 0.240 e. The highest BCUT2D eigenvalue weighted by Crippen LogP contribution is 2.48. The Labute approximate surface area is 128 Å². The number of likely N-dealkylation sites (tertiary alicyclic amines) is 1. The maximum Gasteiger partial charge on any atom is 0.240 e. The van der Waals surface area contributed by atoms with Gasteiger partial charge in [-0.05, 0) is 56.4 Å². The van der Waals surface area contributed by atoms with Crippen molar-refractivity contribution < 1.29 is 4.79 Å². The maximum atomic E-state index is 12.8. The van der Waals surface area contributed by atoms with Crippen molar-refractivity contribution >= 4 is 5.91 Å². The lowest BCUT2D eigenvalue weighted by atomic mass is 9.88. The van der Waals surface area contributed by atoms with E-state index in [1.165, 1.54) is 38.6 Å². The van der Waals surface area contributed by atoms with Gasteiger partial charge in [0.25, 0.3) is 0 Å². The summed E-state index contributed by atoms with van der Waals surface area (Å²) in [6, 6.07) is 0.197. The second kappa shape index (κ2) is 5.88. The Bertz CT molecular complexity index is 393. The summed E-state index contributed by atoms with van der Waals surface area (Å²) < 4.78 is 0. The molecule has 4 atom stereocenters. The van der Waals surface area contributed by atoms with E-state index < -0.39 is 0 Å². The normalized spacial score (nSPS) is 40.1. The molecular formula is C17H29N3O. The number of hydrogen-bond donors (Lipinski definition) is 1. The van der Waals surface area contributed by atoms with Crippen LogP contribution in [-0.2, 0) is 4.79 Å². The molecule has 2 saturated carbocycles. The molecule has 0 aromatic heterocycles. The second-order valence-electron chi connectivity index (χ2n) is 7.66. The zero-order chi connectivity index (χ0) is 14.2. The van der Waals surface area contributed by atoms with Gasteiger partial charge in [0.1, 0.15) is 0 Å². The topological polar surface area (TPSA) is 35.6 Å². The summed E-state index contributed by atoms with van der Waals surface area (Å²) in [7, 11) is 0. The van der Waals surface area contributed by atoms with Gasteiger partial charge in [0.15, 0.2) is 0 Å². The van der Waals surface area contributed by atoms with E-state index in [-0.39, 0.29) is 6.04 Å². The lowest BCUT2D eigenvalue weighted by Crippen LogP contribution is -2.53. The first-order valence-electron chi connectivity index (χ1n) is 9.05. The summed E-state index contributed by atoms with van der Waals surface area (Å²) in [6.45, 7) is 6.07. The largest absolute Gasteiger partial charge is 0.339 e. The first-order chi connectivity index (χ1) is 10.3. The molecule has 4 unspecified atom stereocenters. The molecule has 118 valence electrons. The third kappa shape index (κ3) is 2.72. The first kappa shape index (κ1) is 14.0. The van der Waals surface area contributed by atoms with Crippen LogP contribution >= 0.6 is 0 Å². The van der Waals surface area contributed by atoms with E-state index >= 15 is 0 Å². The molecule has 0 aromatic carbocycles. The molecule has 0 spiro atoms. The van der Waals surface area contributed by atoms with Crippen molar-refractivity contribution in [3.05, 3.63) is 0 Å². The zero-order valence-electron chi connectivity index (χ0n) is 13.1. The molecule has 4 nitrogen and oxygen atoms in total. The highest BCUT2D eigenvalue weighted by molar-refractivity contribution is 5.82. The van der Waals surface area contributed by atoms with Crippen LogP contribution in [0.4, 0.5) is 0 Å². The minimum atomic E-state index is 0.197. The van der Waals surface area contributed by atoms with Crippen molar-refractivity contribution in [2.45, 2.75) is 44.6 Å². The Hall–Kier alpha value is -0.610. The third-order valence-corrected chi connectivity index (χ3v) is 6.43. The van der Waals surface area contributed by atoms with Crippen LogP contribution in [0, 0.1) is 17.8 Å². The molecule has 1 N–H and O–H groups in total. The molecule has 21 heavy (non-hydrogen) atoms. The molecule has 4 heteroatoms. The summed E-state index contributed by atoms with van der Waals surface area (Å²) in [5, 5.41) is 3.34. The van der Waals surface area contributed by atoms with Gasteiger partial charge in [-0.3, -0.25) is 9.69 Å². The van der Waals surface area contributed by atoms with Crippen molar-refractivity contribution in [3.8, 4) is 0 Å². The van der Waals surface area contributed by atoms with Gasteiger partial charge in [-0.25, -0.2) is 0 Å². The number of fused-ring (bicyclic) bond motifs is 2. The standard InChI is InChI=1S/C17H29N3O/c21-17(19-8-5-18-6-9-19)16-2-1-7-20(16)12-15-11-13-3-4-14(15)10-13/h13-16,18H,1-12H2. The van der Waals surface area contributed by atoms with Crippen LogP contribution in [0.25, 0.3) is 0 Å². The molecule has 1 amide bonds. The van der Waals surface area contributed by atoms with Crippen molar-refractivity contribution in [1.29, 1.82) is 0 Å². The van der Waals surface area contributed by atoms with Crippen molar-refractivity contribution in [1.82, 2.24) is 15.1 Å². The fourth-order valence-corrected chi connectivity index (χ4v) is 5.32. The summed E-state index contributed by atoms with van der Waals surface area (Å²) in [4.78, 5) is 17.4. The van der Waals surface area contributed by atoms with Crippen LogP contribution in [0.2, 0.25) is 0 Å². The molecular weight excluding hydrogens is 262 g/mol. The van der Waals surface area contributed by atoms with E-state index in [1.807, 2.05) is 0 Å². The molecule has 2 aliphatic carbocycles. The van der Waals surface area contributed by atoms with E-state index in [9.17, 15) is 4.79 Å². The number of nitrogens with zero attached hydrogens (tertiary/aromatic N) is 2. The molecule has 2 aliphatic heterocycles. The van der Waals surface area contributed by atoms with Gasteiger partial charge in [0.2, 0.25) is 5.91 Å². The molecule has 4 fully saturated rings. The van der Waals surface area contributed by atoms with Crippen LogP contribution in [0.3, 0.4) is 0 Å². The van der Waals surface area contributed by atoms with E-state index in [2.05, 4.69) is 15.1 Å². The Morgan fingerprint density at radius 1 is 1.05 bits per heavy atom. The van der Waals surface area contributed by atoms with E-state index in [0.29, 0.717) is 5.91 Å².